The number of halogens is 2. The van der Waals surface area contributed by atoms with Gasteiger partial charge in [0.25, 0.3) is 0 Å². The lowest BCUT2D eigenvalue weighted by molar-refractivity contribution is 0.312. The van der Waals surface area contributed by atoms with E-state index >= 15 is 0 Å². The molecule has 0 radical (unpaired) electrons. The third kappa shape index (κ3) is 2.53. The Bertz CT molecular complexity index is 424. The minimum atomic E-state index is -0.336. The summed E-state index contributed by atoms with van der Waals surface area (Å²) < 4.78 is 13.1. The van der Waals surface area contributed by atoms with Crippen LogP contribution < -0.4 is 5.32 Å². The predicted octanol–water partition coefficient (Wildman–Crippen LogP) is 2.66. The van der Waals surface area contributed by atoms with E-state index in [2.05, 4.69) is 10.2 Å². The average Bonchev–Trinajstić information content (AvgIpc) is 2.76. The van der Waals surface area contributed by atoms with Crippen molar-refractivity contribution in [3.8, 4) is 0 Å². The number of benzene rings is 1. The maximum atomic E-state index is 13.1. The number of hydrogen-bond donors (Lipinski definition) is 1. The molecule has 1 aromatic carbocycles. The summed E-state index contributed by atoms with van der Waals surface area (Å²) >= 11 is 5.82. The minimum Gasteiger partial charge on any atom is -0.312 e. The van der Waals surface area contributed by atoms with Crippen LogP contribution in [0.25, 0.3) is 0 Å². The summed E-state index contributed by atoms with van der Waals surface area (Å²) in [7, 11) is 0. The first-order valence-corrected chi connectivity index (χ1v) is 7.00. The monoisotopic (exact) mass is 268 g/mol. The summed E-state index contributed by atoms with van der Waals surface area (Å²) in [4.78, 5) is 2.44. The summed E-state index contributed by atoms with van der Waals surface area (Å²) in [6.45, 7) is 4.26. The number of hydrogen-bond acceptors (Lipinski definition) is 2. The second-order valence-corrected chi connectivity index (χ2v) is 5.81. The zero-order chi connectivity index (χ0) is 12.5. The highest BCUT2D eigenvalue weighted by molar-refractivity contribution is 6.30. The Hall–Kier alpha value is -0.640. The summed E-state index contributed by atoms with van der Waals surface area (Å²) in [6.07, 6.45) is 2.62. The summed E-state index contributed by atoms with van der Waals surface area (Å²) in [5.74, 6) is 0.451. The van der Waals surface area contributed by atoms with Gasteiger partial charge in [-0.2, -0.15) is 0 Å². The van der Waals surface area contributed by atoms with Gasteiger partial charge in [0.15, 0.2) is 0 Å². The Labute approximate surface area is 112 Å². The first kappa shape index (κ1) is 12.4. The van der Waals surface area contributed by atoms with E-state index in [0.717, 1.165) is 37.7 Å². The number of nitrogens with zero attached hydrogens (tertiary/aromatic N) is 1. The van der Waals surface area contributed by atoms with E-state index in [4.69, 9.17) is 11.6 Å². The fourth-order valence-electron chi connectivity index (χ4n) is 3.16. The number of fused-ring (bicyclic) bond motifs is 1. The third-order valence-corrected chi connectivity index (χ3v) is 4.35. The molecule has 0 amide bonds. The molecule has 0 spiro atoms. The van der Waals surface area contributed by atoms with Gasteiger partial charge >= 0.3 is 0 Å². The van der Waals surface area contributed by atoms with Crippen LogP contribution in [0, 0.1) is 11.7 Å². The lowest BCUT2D eigenvalue weighted by Crippen LogP contribution is -2.40. The Kier molecular flexibility index (Phi) is 3.55. The van der Waals surface area contributed by atoms with Crippen LogP contribution in [-0.4, -0.2) is 30.6 Å². The van der Waals surface area contributed by atoms with Crippen molar-refractivity contribution in [2.45, 2.75) is 25.4 Å². The molecule has 0 aliphatic carbocycles. The highest BCUT2D eigenvalue weighted by atomic mass is 35.5. The molecule has 1 aromatic rings. The first-order valence-electron chi connectivity index (χ1n) is 6.62. The number of likely N-dealkylation sites (tertiary alicyclic amines) is 1. The Balaban J connectivity index is 1.64. The van der Waals surface area contributed by atoms with Gasteiger partial charge in [0.2, 0.25) is 0 Å². The van der Waals surface area contributed by atoms with Crippen molar-refractivity contribution in [2.75, 3.05) is 19.6 Å². The molecule has 0 aromatic heterocycles. The smallest absolute Gasteiger partial charge is 0.141 e. The molecule has 2 nitrogen and oxygen atoms in total. The van der Waals surface area contributed by atoms with Crippen molar-refractivity contribution < 1.29 is 4.39 Å². The van der Waals surface area contributed by atoms with Gasteiger partial charge in [0, 0.05) is 25.7 Å². The van der Waals surface area contributed by atoms with E-state index in [0.29, 0.717) is 6.04 Å². The molecule has 1 N–H and O–H groups in total. The molecular weight excluding hydrogens is 251 g/mol. The summed E-state index contributed by atoms with van der Waals surface area (Å²) in [5, 5.41) is 3.81. The van der Waals surface area contributed by atoms with Gasteiger partial charge in [-0.15, -0.1) is 0 Å². The van der Waals surface area contributed by atoms with E-state index in [1.54, 1.807) is 6.07 Å². The molecule has 2 saturated heterocycles. The standard InChI is InChI=1S/C14H18ClFN2/c15-12-6-10(3-4-13(12)16)7-18-8-11-2-1-5-17-14(11)9-18/h3-4,6,11,14,17H,1-2,5,7-9H2. The highest BCUT2D eigenvalue weighted by Crippen LogP contribution is 2.26. The zero-order valence-corrected chi connectivity index (χ0v) is 11.1. The molecule has 0 bridgehead atoms. The molecule has 0 saturated carbocycles. The van der Waals surface area contributed by atoms with Gasteiger partial charge in [-0.25, -0.2) is 4.39 Å². The highest BCUT2D eigenvalue weighted by Gasteiger charge is 2.33. The molecule has 2 aliphatic rings. The van der Waals surface area contributed by atoms with E-state index in [-0.39, 0.29) is 10.8 Å². The lowest BCUT2D eigenvalue weighted by Gasteiger charge is -2.24. The predicted molar refractivity (Wildman–Crippen MR) is 71.2 cm³/mol. The van der Waals surface area contributed by atoms with Gasteiger partial charge in [0.1, 0.15) is 5.82 Å². The molecule has 98 valence electrons. The zero-order valence-electron chi connectivity index (χ0n) is 10.3. The molecule has 4 heteroatoms. The molecule has 2 atom stereocenters. The SMILES string of the molecule is Fc1ccc(CN2CC3CCCNC3C2)cc1Cl. The van der Waals surface area contributed by atoms with Crippen LogP contribution in [0.1, 0.15) is 18.4 Å². The van der Waals surface area contributed by atoms with Crippen LogP contribution >= 0.6 is 11.6 Å². The molecular formula is C14H18ClFN2. The van der Waals surface area contributed by atoms with Crippen molar-refractivity contribution in [3.05, 3.63) is 34.6 Å². The molecule has 2 fully saturated rings. The van der Waals surface area contributed by atoms with Crippen LogP contribution in [0.15, 0.2) is 18.2 Å². The maximum Gasteiger partial charge on any atom is 0.141 e. The van der Waals surface area contributed by atoms with E-state index in [1.165, 1.54) is 18.9 Å². The largest absolute Gasteiger partial charge is 0.312 e. The topological polar surface area (TPSA) is 15.3 Å². The van der Waals surface area contributed by atoms with Gasteiger partial charge < -0.3 is 5.32 Å². The van der Waals surface area contributed by atoms with Gasteiger partial charge in [-0.05, 0) is 43.0 Å². The van der Waals surface area contributed by atoms with Crippen LogP contribution in [0.5, 0.6) is 0 Å². The number of piperidine rings is 1. The van der Waals surface area contributed by atoms with Crippen molar-refractivity contribution in [1.29, 1.82) is 0 Å². The molecule has 2 unspecified atom stereocenters. The second-order valence-electron chi connectivity index (χ2n) is 5.41. The van der Waals surface area contributed by atoms with E-state index in [9.17, 15) is 4.39 Å². The third-order valence-electron chi connectivity index (χ3n) is 4.07. The Morgan fingerprint density at radius 3 is 3.06 bits per heavy atom. The van der Waals surface area contributed by atoms with Crippen molar-refractivity contribution in [2.24, 2.45) is 5.92 Å². The van der Waals surface area contributed by atoms with E-state index < -0.39 is 0 Å². The van der Waals surface area contributed by atoms with Crippen LogP contribution in [0.2, 0.25) is 5.02 Å². The van der Waals surface area contributed by atoms with Gasteiger partial charge in [0.05, 0.1) is 5.02 Å². The quantitative estimate of drug-likeness (QED) is 0.887. The van der Waals surface area contributed by atoms with Crippen molar-refractivity contribution in [3.63, 3.8) is 0 Å². The van der Waals surface area contributed by atoms with E-state index in [1.807, 2.05) is 6.07 Å². The molecule has 2 aliphatic heterocycles. The maximum absolute atomic E-state index is 13.1. The van der Waals surface area contributed by atoms with Crippen molar-refractivity contribution in [1.82, 2.24) is 10.2 Å². The lowest BCUT2D eigenvalue weighted by atomic mass is 9.94. The fraction of sp³-hybridized carbons (Fsp3) is 0.571. The Morgan fingerprint density at radius 1 is 1.39 bits per heavy atom. The van der Waals surface area contributed by atoms with Crippen LogP contribution in [-0.2, 0) is 6.54 Å². The van der Waals surface area contributed by atoms with Gasteiger partial charge in [-0.1, -0.05) is 17.7 Å². The number of rotatable bonds is 2. The average molecular weight is 269 g/mol. The summed E-state index contributed by atoms with van der Waals surface area (Å²) in [5.41, 5.74) is 1.10. The Morgan fingerprint density at radius 2 is 2.28 bits per heavy atom. The fourth-order valence-corrected chi connectivity index (χ4v) is 3.36. The molecule has 3 rings (SSSR count). The van der Waals surface area contributed by atoms with Crippen LogP contribution in [0.3, 0.4) is 0 Å². The second kappa shape index (κ2) is 5.16. The van der Waals surface area contributed by atoms with Crippen LogP contribution in [0.4, 0.5) is 4.39 Å². The number of nitrogens with one attached hydrogen (secondary N) is 1. The minimum absolute atomic E-state index is 0.224. The molecule has 18 heavy (non-hydrogen) atoms. The normalized spacial score (nSPS) is 28.3. The first-order chi connectivity index (χ1) is 8.72. The van der Waals surface area contributed by atoms with Crippen molar-refractivity contribution >= 4 is 11.6 Å². The van der Waals surface area contributed by atoms with Gasteiger partial charge in [-0.3, -0.25) is 4.90 Å². The summed E-state index contributed by atoms with van der Waals surface area (Å²) in [6, 6.07) is 5.68. The molecule has 2 heterocycles.